The van der Waals surface area contributed by atoms with Crippen molar-refractivity contribution in [2.24, 2.45) is 4.99 Å². The lowest BCUT2D eigenvalue weighted by Crippen LogP contribution is -2.55. The van der Waals surface area contributed by atoms with Crippen molar-refractivity contribution in [3.05, 3.63) is 34.9 Å². The molecule has 2 fully saturated rings. The molecule has 1 atom stereocenters. The number of ether oxygens (including phenoxy) is 1. The van der Waals surface area contributed by atoms with E-state index in [0.717, 1.165) is 29.8 Å². The molecule has 2 heterocycles. The fourth-order valence-corrected chi connectivity index (χ4v) is 4.17. The van der Waals surface area contributed by atoms with Crippen LogP contribution in [-0.2, 0) is 4.74 Å². The Labute approximate surface area is 197 Å². The Bertz CT molecular complexity index is 933. The highest BCUT2D eigenvalue weighted by Gasteiger charge is 2.32. The molecule has 0 aromatic carbocycles. The number of hydrogen-bond acceptors (Lipinski definition) is 6. The number of piperazine rings is 1. The average molecular weight is 460 g/mol. The predicted molar refractivity (Wildman–Crippen MR) is 130 cm³/mol. The molecule has 1 aliphatic carbocycles. The van der Waals surface area contributed by atoms with E-state index < -0.39 is 5.60 Å². The summed E-state index contributed by atoms with van der Waals surface area (Å²) < 4.78 is 19.9. The van der Waals surface area contributed by atoms with Gasteiger partial charge in [0, 0.05) is 25.7 Å². The van der Waals surface area contributed by atoms with Crippen molar-refractivity contribution >= 4 is 17.6 Å². The van der Waals surface area contributed by atoms with E-state index in [2.05, 4.69) is 21.3 Å². The second kappa shape index (κ2) is 10.1. The van der Waals surface area contributed by atoms with E-state index in [9.17, 15) is 9.18 Å². The van der Waals surface area contributed by atoms with Crippen LogP contribution in [0.1, 0.15) is 71.6 Å². The molecule has 1 aromatic rings. The summed E-state index contributed by atoms with van der Waals surface area (Å²) in [5, 5.41) is 3.22. The molecule has 33 heavy (non-hydrogen) atoms. The molecule has 182 valence electrons. The van der Waals surface area contributed by atoms with Gasteiger partial charge in [0.05, 0.1) is 17.1 Å². The average Bonchev–Trinajstić information content (AvgIpc) is 3.55. The van der Waals surface area contributed by atoms with Gasteiger partial charge in [-0.15, -0.1) is 0 Å². The van der Waals surface area contributed by atoms with Gasteiger partial charge in [0.2, 0.25) is 0 Å². The first kappa shape index (κ1) is 25.0. The molecule has 7 nitrogen and oxygen atoms in total. The maximum absolute atomic E-state index is 14.3. The third-order valence-corrected chi connectivity index (χ3v) is 5.99. The quantitative estimate of drug-likeness (QED) is 0.601. The highest BCUT2D eigenvalue weighted by Crippen LogP contribution is 2.42. The van der Waals surface area contributed by atoms with Crippen LogP contribution in [0.5, 0.6) is 0 Å². The molecule has 1 amide bonds. The lowest BCUT2D eigenvalue weighted by atomic mass is 10.1. The van der Waals surface area contributed by atoms with Gasteiger partial charge in [0.1, 0.15) is 23.9 Å². The van der Waals surface area contributed by atoms with Crippen LogP contribution in [0.3, 0.4) is 0 Å². The van der Waals surface area contributed by atoms with E-state index >= 15 is 0 Å². The van der Waals surface area contributed by atoms with Crippen molar-refractivity contribution < 1.29 is 13.9 Å². The highest BCUT2D eigenvalue weighted by molar-refractivity contribution is 5.97. The Kier molecular flexibility index (Phi) is 7.65. The van der Waals surface area contributed by atoms with Crippen LogP contribution < -0.4 is 5.32 Å². The first-order valence-corrected chi connectivity index (χ1v) is 11.8. The zero-order chi connectivity index (χ0) is 24.3. The summed E-state index contributed by atoms with van der Waals surface area (Å²) in [5.41, 5.74) is 2.64. The topological polar surface area (TPSA) is 70.1 Å². The number of allylic oxidation sites excluding steroid dienone is 2. The van der Waals surface area contributed by atoms with Gasteiger partial charge in [-0.25, -0.2) is 14.2 Å². The molecular weight excluding hydrogens is 421 g/mol. The maximum Gasteiger partial charge on any atom is 0.410 e. The molecular formula is C25H38FN5O2. The van der Waals surface area contributed by atoms with Gasteiger partial charge in [-0.05, 0) is 78.9 Å². The van der Waals surface area contributed by atoms with E-state index in [1.54, 1.807) is 11.8 Å². The summed E-state index contributed by atoms with van der Waals surface area (Å²) in [6, 6.07) is 1.85. The van der Waals surface area contributed by atoms with Gasteiger partial charge in [0.25, 0.3) is 0 Å². The van der Waals surface area contributed by atoms with Gasteiger partial charge in [-0.3, -0.25) is 4.99 Å². The third kappa shape index (κ3) is 6.45. The second-order valence-electron chi connectivity index (χ2n) is 9.99. The van der Waals surface area contributed by atoms with Crippen molar-refractivity contribution in [2.45, 2.75) is 78.9 Å². The summed E-state index contributed by atoms with van der Waals surface area (Å²) in [5.74, 6) is 0.806. The normalized spacial score (nSPS) is 20.2. The van der Waals surface area contributed by atoms with Gasteiger partial charge in [-0.2, -0.15) is 0 Å². The zero-order valence-electron chi connectivity index (χ0n) is 21.0. The number of nitrogens with zero attached hydrogens (tertiary/aromatic N) is 4. The number of carbonyl (C=O) groups excluding carboxylic acids is 1. The summed E-state index contributed by atoms with van der Waals surface area (Å²) >= 11 is 0. The molecule has 1 saturated heterocycles. The number of aryl methyl sites for hydroxylation is 1. The van der Waals surface area contributed by atoms with Crippen molar-refractivity contribution in [3.63, 3.8) is 0 Å². The maximum atomic E-state index is 14.3. The van der Waals surface area contributed by atoms with Crippen molar-refractivity contribution in [3.8, 4) is 0 Å². The zero-order valence-corrected chi connectivity index (χ0v) is 21.0. The Hall–Kier alpha value is -2.64. The first-order chi connectivity index (χ1) is 15.5. The van der Waals surface area contributed by atoms with E-state index in [4.69, 9.17) is 9.73 Å². The van der Waals surface area contributed by atoms with Crippen LogP contribution in [-0.4, -0.2) is 64.5 Å². The van der Waals surface area contributed by atoms with Crippen LogP contribution in [0.15, 0.2) is 22.8 Å². The molecule has 0 radical (unpaired) electrons. The molecule has 0 unspecified atom stereocenters. The monoisotopic (exact) mass is 459 g/mol. The molecule has 3 rings (SSSR count). The number of nitrogens with one attached hydrogen (secondary N) is 1. The van der Waals surface area contributed by atoms with Crippen LogP contribution >= 0.6 is 0 Å². The minimum absolute atomic E-state index is 0.0294. The lowest BCUT2D eigenvalue weighted by molar-refractivity contribution is 0.00553. The molecule has 1 aliphatic heterocycles. The first-order valence-electron chi connectivity index (χ1n) is 11.8. The Balaban J connectivity index is 1.59. The summed E-state index contributed by atoms with van der Waals surface area (Å²) in [6.45, 7) is 15.8. The van der Waals surface area contributed by atoms with Crippen molar-refractivity contribution in [1.29, 1.82) is 0 Å². The number of aromatic nitrogens is 1. The standard InChI is InChI=1S/C25H38FN5O2/c1-8-21(30-11-12-31(16(2)14-30)24(32)33-25(5,6)7)17(3)27-15-28-22-13-20(19-9-10-19)23(26)18(4)29-22/h8,13,16,19H,9-12,14-15H2,1-7H3,(H,28,29)/b21-8+,27-17-/t16-/m1/s1. The SMILES string of the molecule is C/C=C(\C(C)=N/CNc1cc(C2CC2)c(F)c(C)n1)N1CCN(C(=O)OC(C)(C)C)[C@H](C)C1. The molecule has 2 aliphatic rings. The second-order valence-corrected chi connectivity index (χ2v) is 9.99. The van der Waals surface area contributed by atoms with Crippen LogP contribution in [0.2, 0.25) is 0 Å². The van der Waals surface area contributed by atoms with Crippen molar-refractivity contribution in [1.82, 2.24) is 14.8 Å². The van der Waals surface area contributed by atoms with Gasteiger partial charge < -0.3 is 19.9 Å². The number of carbonyl (C=O) groups is 1. The van der Waals surface area contributed by atoms with E-state index in [1.165, 1.54) is 0 Å². The van der Waals surface area contributed by atoms with Crippen LogP contribution in [0, 0.1) is 12.7 Å². The van der Waals surface area contributed by atoms with Gasteiger partial charge in [0.15, 0.2) is 0 Å². The minimum Gasteiger partial charge on any atom is -0.444 e. The third-order valence-electron chi connectivity index (χ3n) is 5.99. The summed E-state index contributed by atoms with van der Waals surface area (Å²) in [6.07, 6.45) is 3.88. The number of anilines is 1. The highest BCUT2D eigenvalue weighted by atomic mass is 19.1. The predicted octanol–water partition coefficient (Wildman–Crippen LogP) is 5.08. The number of hydrogen-bond donors (Lipinski definition) is 1. The molecule has 1 N–H and O–H groups in total. The van der Waals surface area contributed by atoms with E-state index in [1.807, 2.05) is 47.6 Å². The molecule has 8 heteroatoms. The van der Waals surface area contributed by atoms with Crippen LogP contribution in [0.25, 0.3) is 0 Å². The fourth-order valence-electron chi connectivity index (χ4n) is 4.17. The largest absolute Gasteiger partial charge is 0.444 e. The Morgan fingerprint density at radius 1 is 1.36 bits per heavy atom. The van der Waals surface area contributed by atoms with Gasteiger partial charge >= 0.3 is 6.09 Å². The Morgan fingerprint density at radius 2 is 2.06 bits per heavy atom. The number of rotatable bonds is 6. The van der Waals surface area contributed by atoms with Crippen molar-refractivity contribution in [2.75, 3.05) is 31.6 Å². The van der Waals surface area contributed by atoms with E-state index in [-0.39, 0.29) is 18.0 Å². The molecule has 0 spiro atoms. The number of pyridine rings is 1. The number of halogens is 1. The number of amides is 1. The summed E-state index contributed by atoms with van der Waals surface area (Å²) in [4.78, 5) is 25.6. The smallest absolute Gasteiger partial charge is 0.410 e. The lowest BCUT2D eigenvalue weighted by Gasteiger charge is -2.42. The fraction of sp³-hybridized carbons (Fsp3) is 0.640. The Morgan fingerprint density at radius 3 is 2.64 bits per heavy atom. The molecule has 1 saturated carbocycles. The van der Waals surface area contributed by atoms with Crippen LogP contribution in [0.4, 0.5) is 15.0 Å². The molecule has 0 bridgehead atoms. The number of aliphatic imine (C=N–C) groups is 1. The molecule has 1 aromatic heterocycles. The van der Waals surface area contributed by atoms with Gasteiger partial charge in [-0.1, -0.05) is 6.08 Å². The minimum atomic E-state index is -0.504. The summed E-state index contributed by atoms with van der Waals surface area (Å²) in [7, 11) is 0. The van der Waals surface area contributed by atoms with E-state index in [0.29, 0.717) is 43.7 Å².